The van der Waals surface area contributed by atoms with E-state index >= 15 is 0 Å². The van der Waals surface area contributed by atoms with Gasteiger partial charge >= 0.3 is 0 Å². The molecular weight excluding hydrogens is 262 g/mol. The third-order valence-corrected chi connectivity index (χ3v) is 4.99. The third-order valence-electron chi connectivity index (χ3n) is 4.99. The first-order chi connectivity index (χ1) is 10.1. The number of hydrogen-bond donors (Lipinski definition) is 1. The molecule has 0 radical (unpaired) electrons. The molecule has 0 aromatic heterocycles. The van der Waals surface area contributed by atoms with Crippen LogP contribution in [0, 0.1) is 11.8 Å². The maximum absolute atomic E-state index is 13.1. The van der Waals surface area contributed by atoms with Crippen LogP contribution in [-0.2, 0) is 4.79 Å². The molecule has 1 N–H and O–H groups in total. The Morgan fingerprint density at radius 3 is 2.62 bits per heavy atom. The van der Waals surface area contributed by atoms with Gasteiger partial charge in [0.25, 0.3) is 0 Å². The zero-order valence-electron chi connectivity index (χ0n) is 13.3. The highest BCUT2D eigenvalue weighted by atomic mass is 16.3. The van der Waals surface area contributed by atoms with Gasteiger partial charge < -0.3 is 10.0 Å². The SMILES string of the molecule is CCC(C)C(C(=O)N1CCC(C)C1CO)c1ccccc1. The van der Waals surface area contributed by atoms with Gasteiger partial charge in [-0.2, -0.15) is 0 Å². The highest BCUT2D eigenvalue weighted by molar-refractivity contribution is 5.84. The number of rotatable bonds is 5. The second-order valence-electron chi connectivity index (χ2n) is 6.32. The van der Waals surface area contributed by atoms with E-state index in [9.17, 15) is 9.90 Å². The van der Waals surface area contributed by atoms with E-state index in [4.69, 9.17) is 0 Å². The number of benzene rings is 1. The minimum absolute atomic E-state index is 0.0206. The molecule has 2 rings (SSSR count). The lowest BCUT2D eigenvalue weighted by Gasteiger charge is -2.32. The van der Waals surface area contributed by atoms with Crippen molar-refractivity contribution < 1.29 is 9.90 Å². The van der Waals surface area contributed by atoms with Crippen molar-refractivity contribution in [3.8, 4) is 0 Å². The van der Waals surface area contributed by atoms with Crippen LogP contribution in [0.25, 0.3) is 0 Å². The average molecular weight is 289 g/mol. The van der Waals surface area contributed by atoms with Crippen LogP contribution in [-0.4, -0.2) is 35.1 Å². The molecule has 1 fully saturated rings. The Balaban J connectivity index is 2.27. The second kappa shape index (κ2) is 7.08. The van der Waals surface area contributed by atoms with Crippen LogP contribution in [0.3, 0.4) is 0 Å². The molecule has 3 heteroatoms. The van der Waals surface area contributed by atoms with Gasteiger partial charge in [0.05, 0.1) is 18.6 Å². The van der Waals surface area contributed by atoms with Crippen LogP contribution in [0.15, 0.2) is 30.3 Å². The van der Waals surface area contributed by atoms with Crippen molar-refractivity contribution in [3.63, 3.8) is 0 Å². The van der Waals surface area contributed by atoms with E-state index < -0.39 is 0 Å². The fraction of sp³-hybridized carbons (Fsp3) is 0.611. The zero-order valence-corrected chi connectivity index (χ0v) is 13.3. The van der Waals surface area contributed by atoms with Gasteiger partial charge in [0, 0.05) is 6.54 Å². The number of aliphatic hydroxyl groups is 1. The van der Waals surface area contributed by atoms with E-state index in [0.29, 0.717) is 11.8 Å². The Bertz CT molecular complexity index is 460. The molecule has 1 aromatic carbocycles. The molecule has 1 amide bonds. The number of carbonyl (C=O) groups is 1. The lowest BCUT2D eigenvalue weighted by atomic mass is 9.84. The van der Waals surface area contributed by atoms with Crippen molar-refractivity contribution in [1.82, 2.24) is 4.90 Å². The van der Waals surface area contributed by atoms with E-state index in [1.807, 2.05) is 35.2 Å². The van der Waals surface area contributed by atoms with E-state index in [1.54, 1.807) is 0 Å². The number of nitrogens with zero attached hydrogens (tertiary/aromatic N) is 1. The minimum atomic E-state index is -0.101. The summed E-state index contributed by atoms with van der Waals surface area (Å²) >= 11 is 0. The van der Waals surface area contributed by atoms with E-state index in [-0.39, 0.29) is 24.5 Å². The first-order valence-electron chi connectivity index (χ1n) is 8.06. The number of aliphatic hydroxyl groups excluding tert-OH is 1. The number of likely N-dealkylation sites (tertiary alicyclic amines) is 1. The van der Waals surface area contributed by atoms with Gasteiger partial charge in [0.15, 0.2) is 0 Å². The summed E-state index contributed by atoms with van der Waals surface area (Å²) in [6, 6.07) is 10.0. The molecule has 1 aromatic rings. The van der Waals surface area contributed by atoms with Crippen LogP contribution >= 0.6 is 0 Å². The van der Waals surface area contributed by atoms with Crippen molar-refractivity contribution in [2.45, 2.75) is 45.6 Å². The predicted octanol–water partition coefficient (Wildman–Crippen LogP) is 3.05. The molecule has 116 valence electrons. The molecule has 1 heterocycles. The average Bonchev–Trinajstić information content (AvgIpc) is 2.89. The van der Waals surface area contributed by atoms with Crippen LogP contribution in [0.2, 0.25) is 0 Å². The highest BCUT2D eigenvalue weighted by Crippen LogP contribution is 2.33. The summed E-state index contributed by atoms with van der Waals surface area (Å²) in [6.07, 6.45) is 1.96. The summed E-state index contributed by atoms with van der Waals surface area (Å²) in [7, 11) is 0. The number of amides is 1. The fourth-order valence-electron chi connectivity index (χ4n) is 3.35. The number of hydrogen-bond acceptors (Lipinski definition) is 2. The van der Waals surface area contributed by atoms with Crippen LogP contribution in [0.1, 0.15) is 45.1 Å². The quantitative estimate of drug-likeness (QED) is 0.905. The summed E-state index contributed by atoms with van der Waals surface area (Å²) in [6.45, 7) is 7.22. The van der Waals surface area contributed by atoms with Crippen LogP contribution in [0.4, 0.5) is 0 Å². The first kappa shape index (κ1) is 16.0. The Morgan fingerprint density at radius 1 is 1.38 bits per heavy atom. The topological polar surface area (TPSA) is 40.5 Å². The molecule has 3 nitrogen and oxygen atoms in total. The third kappa shape index (κ3) is 3.29. The number of carbonyl (C=O) groups excluding carboxylic acids is 1. The lowest BCUT2D eigenvalue weighted by molar-refractivity contribution is -0.136. The van der Waals surface area contributed by atoms with Gasteiger partial charge in [-0.15, -0.1) is 0 Å². The summed E-state index contributed by atoms with van der Waals surface area (Å²) in [5.74, 6) is 0.761. The maximum atomic E-state index is 13.1. The molecule has 0 spiro atoms. The molecule has 4 unspecified atom stereocenters. The summed E-state index contributed by atoms with van der Waals surface area (Å²) in [4.78, 5) is 15.0. The molecule has 4 atom stereocenters. The van der Waals surface area contributed by atoms with Crippen molar-refractivity contribution in [3.05, 3.63) is 35.9 Å². The lowest BCUT2D eigenvalue weighted by Crippen LogP contribution is -2.43. The summed E-state index contributed by atoms with van der Waals surface area (Å²) in [5, 5.41) is 9.61. The summed E-state index contributed by atoms with van der Waals surface area (Å²) < 4.78 is 0. The predicted molar refractivity (Wildman–Crippen MR) is 85.0 cm³/mol. The molecule has 0 bridgehead atoms. The Labute approximate surface area is 128 Å². The van der Waals surface area contributed by atoms with Gasteiger partial charge in [-0.3, -0.25) is 4.79 Å². The van der Waals surface area contributed by atoms with Gasteiger partial charge in [0.1, 0.15) is 0 Å². The molecule has 0 aliphatic carbocycles. The minimum Gasteiger partial charge on any atom is -0.394 e. The Kier molecular flexibility index (Phi) is 5.40. The van der Waals surface area contributed by atoms with Gasteiger partial charge in [-0.05, 0) is 23.8 Å². The normalized spacial score (nSPS) is 24.9. The zero-order chi connectivity index (χ0) is 15.4. The Morgan fingerprint density at radius 2 is 2.05 bits per heavy atom. The van der Waals surface area contributed by atoms with E-state index in [2.05, 4.69) is 20.8 Å². The molecular formula is C18H27NO2. The molecule has 1 saturated heterocycles. The maximum Gasteiger partial charge on any atom is 0.230 e. The van der Waals surface area contributed by atoms with Gasteiger partial charge in [0.2, 0.25) is 5.91 Å². The van der Waals surface area contributed by atoms with Crippen LogP contribution < -0.4 is 0 Å². The van der Waals surface area contributed by atoms with Crippen molar-refractivity contribution in [1.29, 1.82) is 0 Å². The largest absolute Gasteiger partial charge is 0.394 e. The summed E-state index contributed by atoms with van der Waals surface area (Å²) in [5.41, 5.74) is 1.09. The van der Waals surface area contributed by atoms with Crippen molar-refractivity contribution >= 4 is 5.91 Å². The van der Waals surface area contributed by atoms with Crippen molar-refractivity contribution in [2.75, 3.05) is 13.2 Å². The van der Waals surface area contributed by atoms with E-state index in [1.165, 1.54) is 0 Å². The van der Waals surface area contributed by atoms with Crippen LogP contribution in [0.5, 0.6) is 0 Å². The van der Waals surface area contributed by atoms with E-state index in [0.717, 1.165) is 24.9 Å². The molecule has 1 aliphatic heterocycles. The Hall–Kier alpha value is -1.35. The second-order valence-corrected chi connectivity index (χ2v) is 6.32. The molecule has 0 saturated carbocycles. The molecule has 21 heavy (non-hydrogen) atoms. The smallest absolute Gasteiger partial charge is 0.230 e. The first-order valence-corrected chi connectivity index (χ1v) is 8.06. The van der Waals surface area contributed by atoms with Crippen molar-refractivity contribution in [2.24, 2.45) is 11.8 Å². The highest BCUT2D eigenvalue weighted by Gasteiger charge is 2.38. The van der Waals surface area contributed by atoms with Gasteiger partial charge in [-0.25, -0.2) is 0 Å². The standard InChI is InChI=1S/C18H27NO2/c1-4-13(2)17(15-8-6-5-7-9-15)18(21)19-11-10-14(3)16(19)12-20/h5-9,13-14,16-17,20H,4,10-12H2,1-3H3. The monoisotopic (exact) mass is 289 g/mol. The van der Waals surface area contributed by atoms with Gasteiger partial charge in [-0.1, -0.05) is 57.5 Å². The molecule has 1 aliphatic rings. The fourth-order valence-corrected chi connectivity index (χ4v) is 3.35.